The first kappa shape index (κ1) is 12.7. The minimum Gasteiger partial charge on any atom is -0.391 e. The van der Waals surface area contributed by atoms with Gasteiger partial charge in [-0.25, -0.2) is 0 Å². The molecule has 0 heterocycles. The lowest BCUT2D eigenvalue weighted by Gasteiger charge is -2.19. The maximum atomic E-state index is 9.58. The monoisotopic (exact) mass is 272 g/mol. The molecular weight excluding hydrogens is 256 g/mol. The molecule has 1 aromatic rings. The van der Waals surface area contributed by atoms with Gasteiger partial charge in [0.25, 0.3) is 0 Å². The zero-order valence-electron chi connectivity index (χ0n) is 9.02. The van der Waals surface area contributed by atoms with Gasteiger partial charge in [-0.3, -0.25) is 0 Å². The molecule has 0 aromatic heterocycles. The van der Waals surface area contributed by atoms with Crippen LogP contribution in [-0.4, -0.2) is 22.4 Å². The lowest BCUT2D eigenvalue weighted by atomic mass is 9.93. The molecule has 3 atom stereocenters. The first-order valence-corrected chi connectivity index (χ1v) is 5.92. The number of benzene rings is 1. The van der Waals surface area contributed by atoms with Gasteiger partial charge in [0.2, 0.25) is 0 Å². The third-order valence-corrected chi connectivity index (χ3v) is 3.31. The van der Waals surface area contributed by atoms with Crippen molar-refractivity contribution in [2.24, 2.45) is 0 Å². The van der Waals surface area contributed by atoms with Crippen molar-refractivity contribution in [3.05, 3.63) is 34.3 Å². The molecule has 2 N–H and O–H groups in total. The van der Waals surface area contributed by atoms with Gasteiger partial charge in [0.1, 0.15) is 0 Å². The van der Waals surface area contributed by atoms with Gasteiger partial charge >= 0.3 is 0 Å². The number of aliphatic hydroxyl groups excluding tert-OH is 2. The predicted octanol–water partition coefficient (Wildman–Crippen LogP) is 2.68. The predicted molar refractivity (Wildman–Crippen MR) is 64.9 cm³/mol. The van der Waals surface area contributed by atoms with Gasteiger partial charge in [-0.1, -0.05) is 41.1 Å². The quantitative estimate of drug-likeness (QED) is 0.885. The lowest BCUT2D eigenvalue weighted by Crippen LogP contribution is -2.24. The molecule has 0 aliphatic carbocycles. The van der Waals surface area contributed by atoms with E-state index in [9.17, 15) is 10.2 Å². The molecule has 84 valence electrons. The molecule has 0 saturated carbocycles. The summed E-state index contributed by atoms with van der Waals surface area (Å²) >= 11 is 3.48. The molecular formula is C12H17BrO2. The van der Waals surface area contributed by atoms with Crippen molar-refractivity contribution in [3.8, 4) is 0 Å². The summed E-state index contributed by atoms with van der Waals surface area (Å²) in [7, 11) is 0. The van der Waals surface area contributed by atoms with E-state index in [0.717, 1.165) is 10.0 Å². The highest BCUT2D eigenvalue weighted by atomic mass is 79.9. The van der Waals surface area contributed by atoms with Crippen molar-refractivity contribution in [2.75, 3.05) is 0 Å². The Hall–Kier alpha value is -0.380. The second-order valence-corrected chi connectivity index (χ2v) is 4.82. The zero-order valence-corrected chi connectivity index (χ0v) is 10.6. The van der Waals surface area contributed by atoms with Gasteiger partial charge in [-0.2, -0.15) is 0 Å². The Morgan fingerprint density at radius 3 is 2.33 bits per heavy atom. The van der Waals surface area contributed by atoms with E-state index in [2.05, 4.69) is 15.9 Å². The van der Waals surface area contributed by atoms with E-state index in [1.807, 2.05) is 31.2 Å². The third-order valence-electron chi connectivity index (χ3n) is 2.59. The Bertz CT molecular complexity index is 312. The molecule has 2 nitrogen and oxygen atoms in total. The molecule has 1 rings (SSSR count). The van der Waals surface area contributed by atoms with Crippen LogP contribution in [0.1, 0.15) is 31.7 Å². The minimum absolute atomic E-state index is 0.227. The summed E-state index contributed by atoms with van der Waals surface area (Å²) in [6.07, 6.45) is -0.762. The Morgan fingerprint density at radius 2 is 1.80 bits per heavy atom. The van der Waals surface area contributed by atoms with E-state index in [1.54, 1.807) is 6.92 Å². The molecule has 0 aliphatic heterocycles. The van der Waals surface area contributed by atoms with Crippen LogP contribution in [0.15, 0.2) is 28.7 Å². The Kier molecular flexibility index (Phi) is 4.77. The first-order valence-electron chi connectivity index (χ1n) is 5.13. The van der Waals surface area contributed by atoms with Crippen LogP contribution in [0.3, 0.4) is 0 Å². The average Bonchev–Trinajstić information content (AvgIpc) is 2.18. The van der Waals surface area contributed by atoms with E-state index in [0.29, 0.717) is 6.42 Å². The summed E-state index contributed by atoms with van der Waals surface area (Å²) in [5, 5.41) is 18.8. The summed E-state index contributed by atoms with van der Waals surface area (Å²) in [4.78, 5) is 0. The number of aliphatic hydroxyl groups is 2. The van der Waals surface area contributed by atoms with Crippen LogP contribution in [0.4, 0.5) is 0 Å². The molecule has 0 saturated heterocycles. The minimum atomic E-state index is -0.671. The van der Waals surface area contributed by atoms with Crippen molar-refractivity contribution < 1.29 is 10.2 Å². The fourth-order valence-electron chi connectivity index (χ4n) is 1.56. The highest BCUT2D eigenvalue weighted by Crippen LogP contribution is 2.28. The van der Waals surface area contributed by atoms with Crippen LogP contribution in [0.5, 0.6) is 0 Å². The lowest BCUT2D eigenvalue weighted by molar-refractivity contribution is 0.0227. The van der Waals surface area contributed by atoms with E-state index < -0.39 is 12.2 Å². The number of halogens is 1. The first-order chi connectivity index (χ1) is 7.02. The molecule has 0 aliphatic rings. The summed E-state index contributed by atoms with van der Waals surface area (Å²) in [5.41, 5.74) is 1.16. The summed E-state index contributed by atoms with van der Waals surface area (Å²) < 4.78 is 1.05. The van der Waals surface area contributed by atoms with Crippen molar-refractivity contribution in [2.45, 2.75) is 38.4 Å². The van der Waals surface area contributed by atoms with Crippen molar-refractivity contribution >= 4 is 15.9 Å². The van der Waals surface area contributed by atoms with E-state index in [4.69, 9.17) is 0 Å². The van der Waals surface area contributed by atoms with Gasteiger partial charge in [0.15, 0.2) is 0 Å². The topological polar surface area (TPSA) is 40.5 Å². The van der Waals surface area contributed by atoms with Crippen LogP contribution in [0, 0.1) is 0 Å². The van der Waals surface area contributed by atoms with E-state index in [1.165, 1.54) is 0 Å². The van der Waals surface area contributed by atoms with Gasteiger partial charge in [-0.05, 0) is 30.9 Å². The van der Waals surface area contributed by atoms with E-state index >= 15 is 0 Å². The molecule has 0 fully saturated rings. The second kappa shape index (κ2) is 5.64. The van der Waals surface area contributed by atoms with Crippen LogP contribution in [0.2, 0.25) is 0 Å². The smallest absolute Gasteiger partial charge is 0.0802 e. The molecule has 15 heavy (non-hydrogen) atoms. The van der Waals surface area contributed by atoms with Crippen molar-refractivity contribution in [1.29, 1.82) is 0 Å². The normalized spacial score (nSPS) is 17.1. The fourth-order valence-corrected chi connectivity index (χ4v) is 2.24. The van der Waals surface area contributed by atoms with Crippen molar-refractivity contribution in [3.63, 3.8) is 0 Å². The maximum Gasteiger partial charge on any atom is 0.0802 e. The van der Waals surface area contributed by atoms with Crippen LogP contribution in [0.25, 0.3) is 0 Å². The standard InChI is InChI=1S/C12H17BrO2/c1-8(7-12(15)9(2)14)10-5-3-4-6-11(10)13/h3-6,8-9,12,14-15H,7H2,1-2H3. The van der Waals surface area contributed by atoms with Gasteiger partial charge in [0, 0.05) is 4.47 Å². The summed E-state index contributed by atoms with van der Waals surface area (Å²) in [5.74, 6) is 0.227. The molecule has 3 unspecified atom stereocenters. The molecule has 0 radical (unpaired) electrons. The van der Waals surface area contributed by atoms with Gasteiger partial charge < -0.3 is 10.2 Å². The summed E-state index contributed by atoms with van der Waals surface area (Å²) in [6, 6.07) is 7.96. The number of rotatable bonds is 4. The molecule has 1 aromatic carbocycles. The average molecular weight is 273 g/mol. The Balaban J connectivity index is 2.69. The van der Waals surface area contributed by atoms with Gasteiger partial charge in [0.05, 0.1) is 12.2 Å². The second-order valence-electron chi connectivity index (χ2n) is 3.97. The largest absolute Gasteiger partial charge is 0.391 e. The SMILES string of the molecule is CC(CC(O)C(C)O)c1ccccc1Br. The van der Waals surface area contributed by atoms with Crippen LogP contribution < -0.4 is 0 Å². The van der Waals surface area contributed by atoms with Crippen molar-refractivity contribution in [1.82, 2.24) is 0 Å². The Labute approximate surface area is 99.1 Å². The highest BCUT2D eigenvalue weighted by molar-refractivity contribution is 9.10. The number of hydrogen-bond donors (Lipinski definition) is 2. The zero-order chi connectivity index (χ0) is 11.4. The Morgan fingerprint density at radius 1 is 1.20 bits per heavy atom. The molecule has 0 bridgehead atoms. The fraction of sp³-hybridized carbons (Fsp3) is 0.500. The van der Waals surface area contributed by atoms with Crippen LogP contribution >= 0.6 is 15.9 Å². The van der Waals surface area contributed by atoms with Gasteiger partial charge in [-0.15, -0.1) is 0 Å². The highest BCUT2D eigenvalue weighted by Gasteiger charge is 2.17. The maximum absolute atomic E-state index is 9.58. The summed E-state index contributed by atoms with van der Waals surface area (Å²) in [6.45, 7) is 3.66. The molecule has 0 amide bonds. The number of hydrogen-bond acceptors (Lipinski definition) is 2. The van der Waals surface area contributed by atoms with Crippen LogP contribution in [-0.2, 0) is 0 Å². The molecule has 0 spiro atoms. The van der Waals surface area contributed by atoms with E-state index in [-0.39, 0.29) is 5.92 Å². The third kappa shape index (κ3) is 3.59. The molecule has 3 heteroatoms.